The molecule has 0 bridgehead atoms. The Labute approximate surface area is 88.9 Å². The molecule has 0 aromatic carbocycles. The van der Waals surface area contributed by atoms with E-state index in [0.29, 0.717) is 13.0 Å². The van der Waals surface area contributed by atoms with Crippen molar-refractivity contribution in [2.24, 2.45) is 5.73 Å². The molecule has 1 unspecified atom stereocenters. The molecule has 0 aliphatic carbocycles. The summed E-state index contributed by atoms with van der Waals surface area (Å²) in [5.74, 6) is 0.0231. The van der Waals surface area contributed by atoms with Crippen LogP contribution >= 0.6 is 0 Å². The molecule has 1 rings (SSSR count). The Morgan fingerprint density at radius 3 is 2.93 bits per heavy atom. The molecule has 84 valence electrons. The highest BCUT2D eigenvalue weighted by Crippen LogP contribution is 2.05. The molecule has 0 spiro atoms. The minimum Gasteiger partial charge on any atom is -0.480 e. The molecule has 0 aliphatic rings. The largest absolute Gasteiger partial charge is 0.480 e. The van der Waals surface area contributed by atoms with Crippen molar-refractivity contribution in [1.29, 1.82) is 0 Å². The number of rotatable bonds is 5. The van der Waals surface area contributed by atoms with Crippen LogP contribution in [0, 0.1) is 6.92 Å². The van der Waals surface area contributed by atoms with Gasteiger partial charge in [0.2, 0.25) is 0 Å². The number of aromatic nitrogens is 2. The number of nitrogens with zero attached hydrogens (tertiary/aromatic N) is 2. The van der Waals surface area contributed by atoms with Crippen LogP contribution in [0.3, 0.4) is 0 Å². The highest BCUT2D eigenvalue weighted by atomic mass is 16.4. The van der Waals surface area contributed by atoms with Crippen LogP contribution in [0.1, 0.15) is 24.9 Å². The molecule has 0 aliphatic heterocycles. The zero-order valence-electron chi connectivity index (χ0n) is 9.10. The van der Waals surface area contributed by atoms with Crippen molar-refractivity contribution < 1.29 is 9.90 Å². The minimum absolute atomic E-state index is 0.429. The summed E-state index contributed by atoms with van der Waals surface area (Å²) in [7, 11) is 0. The maximum Gasteiger partial charge on any atom is 0.320 e. The van der Waals surface area contributed by atoms with Crippen LogP contribution in [-0.4, -0.2) is 26.7 Å². The van der Waals surface area contributed by atoms with Crippen molar-refractivity contribution in [2.75, 3.05) is 0 Å². The van der Waals surface area contributed by atoms with E-state index in [-0.39, 0.29) is 0 Å². The second-order valence-corrected chi connectivity index (χ2v) is 3.58. The number of carboxylic acid groups (broad SMARTS) is 1. The normalized spacial score (nSPS) is 12.7. The van der Waals surface area contributed by atoms with E-state index >= 15 is 0 Å². The lowest BCUT2D eigenvalue weighted by atomic mass is 10.2. The van der Waals surface area contributed by atoms with E-state index in [1.54, 1.807) is 0 Å². The number of hydrogen-bond acceptors (Lipinski definition) is 3. The van der Waals surface area contributed by atoms with E-state index in [4.69, 9.17) is 10.8 Å². The van der Waals surface area contributed by atoms with E-state index < -0.39 is 12.0 Å². The Bertz CT molecular complexity index is 346. The van der Waals surface area contributed by atoms with Gasteiger partial charge >= 0.3 is 5.97 Å². The van der Waals surface area contributed by atoms with Gasteiger partial charge in [0.25, 0.3) is 0 Å². The van der Waals surface area contributed by atoms with Crippen molar-refractivity contribution in [2.45, 2.75) is 39.3 Å². The van der Waals surface area contributed by atoms with Gasteiger partial charge in [-0.3, -0.25) is 4.79 Å². The zero-order chi connectivity index (χ0) is 11.4. The SMILES string of the molecule is CCc1nc(C)cn1CCC(N)C(=O)O. The number of imidazole rings is 1. The van der Waals surface area contributed by atoms with E-state index in [0.717, 1.165) is 17.9 Å². The van der Waals surface area contributed by atoms with Crippen LogP contribution < -0.4 is 5.73 Å². The van der Waals surface area contributed by atoms with Crippen molar-refractivity contribution in [3.05, 3.63) is 17.7 Å². The van der Waals surface area contributed by atoms with Gasteiger partial charge in [-0.1, -0.05) is 6.92 Å². The van der Waals surface area contributed by atoms with Gasteiger partial charge < -0.3 is 15.4 Å². The van der Waals surface area contributed by atoms with Gasteiger partial charge in [0.15, 0.2) is 0 Å². The van der Waals surface area contributed by atoms with Gasteiger partial charge in [-0.05, 0) is 13.3 Å². The highest BCUT2D eigenvalue weighted by molar-refractivity contribution is 5.72. The topological polar surface area (TPSA) is 81.1 Å². The molecule has 3 N–H and O–H groups in total. The van der Waals surface area contributed by atoms with Crippen molar-refractivity contribution >= 4 is 5.97 Å². The Morgan fingerprint density at radius 2 is 2.40 bits per heavy atom. The molecule has 0 fully saturated rings. The first kappa shape index (κ1) is 11.7. The monoisotopic (exact) mass is 211 g/mol. The van der Waals surface area contributed by atoms with Crippen LogP contribution in [0.25, 0.3) is 0 Å². The molecule has 1 heterocycles. The van der Waals surface area contributed by atoms with Crippen LogP contribution in [0.4, 0.5) is 0 Å². The summed E-state index contributed by atoms with van der Waals surface area (Å²) in [6.07, 6.45) is 3.20. The summed E-state index contributed by atoms with van der Waals surface area (Å²) in [6.45, 7) is 4.56. The zero-order valence-corrected chi connectivity index (χ0v) is 9.10. The summed E-state index contributed by atoms with van der Waals surface area (Å²) in [4.78, 5) is 14.9. The number of aliphatic carboxylic acids is 1. The molecule has 1 atom stereocenters. The average molecular weight is 211 g/mol. The minimum atomic E-state index is -0.954. The number of carbonyl (C=O) groups is 1. The third-order valence-electron chi connectivity index (χ3n) is 2.29. The maximum absolute atomic E-state index is 10.5. The quantitative estimate of drug-likeness (QED) is 0.745. The third kappa shape index (κ3) is 3.06. The summed E-state index contributed by atoms with van der Waals surface area (Å²) in [6, 6.07) is -0.794. The molecule has 15 heavy (non-hydrogen) atoms. The fraction of sp³-hybridized carbons (Fsp3) is 0.600. The predicted octanol–water partition coefficient (Wildman–Crippen LogP) is 0.556. The van der Waals surface area contributed by atoms with Crippen LogP contribution in [0.15, 0.2) is 6.20 Å². The lowest BCUT2D eigenvalue weighted by Crippen LogP contribution is -2.31. The summed E-state index contributed by atoms with van der Waals surface area (Å²) >= 11 is 0. The van der Waals surface area contributed by atoms with E-state index in [9.17, 15) is 4.79 Å². The number of nitrogens with two attached hydrogens (primary N) is 1. The second-order valence-electron chi connectivity index (χ2n) is 3.58. The number of aryl methyl sites for hydroxylation is 3. The van der Waals surface area contributed by atoms with Gasteiger partial charge in [0.1, 0.15) is 11.9 Å². The van der Waals surface area contributed by atoms with Gasteiger partial charge in [-0.25, -0.2) is 4.98 Å². The molecule has 1 aromatic rings. The predicted molar refractivity (Wildman–Crippen MR) is 56.6 cm³/mol. The third-order valence-corrected chi connectivity index (χ3v) is 2.29. The van der Waals surface area contributed by atoms with Crippen molar-refractivity contribution in [1.82, 2.24) is 9.55 Å². The van der Waals surface area contributed by atoms with Gasteiger partial charge in [-0.15, -0.1) is 0 Å². The van der Waals surface area contributed by atoms with Crippen LogP contribution in [0.2, 0.25) is 0 Å². The smallest absolute Gasteiger partial charge is 0.320 e. The Morgan fingerprint density at radius 1 is 1.73 bits per heavy atom. The Hall–Kier alpha value is -1.36. The molecule has 0 saturated heterocycles. The summed E-state index contributed by atoms with van der Waals surface area (Å²) < 4.78 is 1.97. The average Bonchev–Trinajstić information content (AvgIpc) is 2.55. The fourth-order valence-corrected chi connectivity index (χ4v) is 1.47. The lowest BCUT2D eigenvalue weighted by molar-refractivity contribution is -0.138. The molecule has 5 heteroatoms. The molecule has 0 saturated carbocycles. The first-order chi connectivity index (χ1) is 7.04. The molecule has 5 nitrogen and oxygen atoms in total. The molecular weight excluding hydrogens is 194 g/mol. The van der Waals surface area contributed by atoms with Gasteiger partial charge in [-0.2, -0.15) is 0 Å². The van der Waals surface area contributed by atoms with E-state index in [1.165, 1.54) is 0 Å². The lowest BCUT2D eigenvalue weighted by Gasteiger charge is -2.08. The first-order valence-electron chi connectivity index (χ1n) is 5.05. The van der Waals surface area contributed by atoms with Gasteiger partial charge in [0.05, 0.1) is 5.69 Å². The van der Waals surface area contributed by atoms with E-state index in [1.807, 2.05) is 24.6 Å². The number of carboxylic acids is 1. The summed E-state index contributed by atoms with van der Waals surface area (Å²) in [5, 5.41) is 8.64. The summed E-state index contributed by atoms with van der Waals surface area (Å²) in [5.41, 5.74) is 6.38. The van der Waals surface area contributed by atoms with Crippen LogP contribution in [0.5, 0.6) is 0 Å². The Balaban J connectivity index is 2.60. The van der Waals surface area contributed by atoms with Crippen LogP contribution in [-0.2, 0) is 17.8 Å². The van der Waals surface area contributed by atoms with Crippen molar-refractivity contribution in [3.8, 4) is 0 Å². The standard InChI is InChI=1S/C10H17N3O2/c1-3-9-12-7(2)6-13(9)5-4-8(11)10(14)15/h6,8H,3-5,11H2,1-2H3,(H,14,15). The number of hydrogen-bond donors (Lipinski definition) is 2. The second kappa shape index (κ2) is 4.93. The fourth-order valence-electron chi connectivity index (χ4n) is 1.47. The molecule has 1 aromatic heterocycles. The first-order valence-corrected chi connectivity index (χ1v) is 5.05. The van der Waals surface area contributed by atoms with Crippen molar-refractivity contribution in [3.63, 3.8) is 0 Å². The Kier molecular flexibility index (Phi) is 3.85. The maximum atomic E-state index is 10.5. The van der Waals surface area contributed by atoms with Gasteiger partial charge in [0, 0.05) is 19.2 Å². The molecule has 0 amide bonds. The highest BCUT2D eigenvalue weighted by Gasteiger charge is 2.12. The molecular formula is C10H17N3O2. The van der Waals surface area contributed by atoms with E-state index in [2.05, 4.69) is 4.98 Å². The molecule has 0 radical (unpaired) electrons.